The molecular weight excluding hydrogens is 284 g/mol. The summed E-state index contributed by atoms with van der Waals surface area (Å²) in [5, 5.41) is 0. The SMILES string of the molecule is CCCc1ccc(NSCC2CCCCO2)c(=O)n1CC. The Morgan fingerprint density at radius 1 is 1.38 bits per heavy atom. The maximum absolute atomic E-state index is 12.4. The highest BCUT2D eigenvalue weighted by Gasteiger charge is 2.14. The monoisotopic (exact) mass is 310 g/mol. The van der Waals surface area contributed by atoms with E-state index >= 15 is 0 Å². The van der Waals surface area contributed by atoms with Crippen LogP contribution in [-0.2, 0) is 17.7 Å². The lowest BCUT2D eigenvalue weighted by Crippen LogP contribution is -2.25. The van der Waals surface area contributed by atoms with E-state index in [9.17, 15) is 4.79 Å². The quantitative estimate of drug-likeness (QED) is 0.783. The number of nitrogens with zero attached hydrogens (tertiary/aromatic N) is 1. The number of pyridine rings is 1. The van der Waals surface area contributed by atoms with Crippen LogP contribution in [0.1, 0.15) is 45.2 Å². The molecule has 0 radical (unpaired) electrons. The van der Waals surface area contributed by atoms with E-state index < -0.39 is 0 Å². The van der Waals surface area contributed by atoms with Crippen molar-refractivity contribution in [3.63, 3.8) is 0 Å². The molecule has 1 aromatic rings. The first kappa shape index (κ1) is 16.4. The van der Waals surface area contributed by atoms with E-state index in [-0.39, 0.29) is 5.56 Å². The van der Waals surface area contributed by atoms with Crippen LogP contribution < -0.4 is 10.3 Å². The number of rotatable bonds is 7. The standard InChI is InChI=1S/C16H26N2O2S/c1-3-7-13-9-10-15(16(19)18(13)4-2)17-21-12-14-8-5-6-11-20-14/h9-10,14,17H,3-8,11-12H2,1-2H3. The molecule has 118 valence electrons. The Labute approximate surface area is 131 Å². The van der Waals surface area contributed by atoms with Crippen molar-refractivity contribution in [1.82, 2.24) is 4.57 Å². The molecule has 0 amide bonds. The van der Waals surface area contributed by atoms with Gasteiger partial charge in [-0.25, -0.2) is 0 Å². The normalized spacial score (nSPS) is 18.7. The van der Waals surface area contributed by atoms with Crippen LogP contribution in [0, 0.1) is 0 Å². The van der Waals surface area contributed by atoms with Gasteiger partial charge < -0.3 is 14.0 Å². The molecule has 1 aliphatic heterocycles. The summed E-state index contributed by atoms with van der Waals surface area (Å²) in [6.45, 7) is 5.75. The summed E-state index contributed by atoms with van der Waals surface area (Å²) in [5.41, 5.74) is 1.88. The predicted molar refractivity (Wildman–Crippen MR) is 90.0 cm³/mol. The van der Waals surface area contributed by atoms with Gasteiger partial charge in [-0.1, -0.05) is 13.3 Å². The van der Waals surface area contributed by atoms with Crippen molar-refractivity contribution in [2.24, 2.45) is 0 Å². The highest BCUT2D eigenvalue weighted by atomic mass is 32.2. The van der Waals surface area contributed by atoms with Gasteiger partial charge in [0.2, 0.25) is 0 Å². The van der Waals surface area contributed by atoms with Crippen molar-refractivity contribution in [1.29, 1.82) is 0 Å². The summed E-state index contributed by atoms with van der Waals surface area (Å²) in [5.74, 6) is 0.891. The zero-order valence-electron chi connectivity index (χ0n) is 13.1. The smallest absolute Gasteiger partial charge is 0.274 e. The second kappa shape index (κ2) is 8.49. The van der Waals surface area contributed by atoms with Crippen molar-refractivity contribution in [3.05, 3.63) is 28.2 Å². The molecule has 4 nitrogen and oxygen atoms in total. The molecule has 21 heavy (non-hydrogen) atoms. The molecule has 1 N–H and O–H groups in total. The highest BCUT2D eigenvalue weighted by molar-refractivity contribution is 8.00. The number of aryl methyl sites for hydroxylation is 1. The number of aromatic nitrogens is 1. The Hall–Kier alpha value is -0.940. The van der Waals surface area contributed by atoms with Gasteiger partial charge in [-0.3, -0.25) is 4.79 Å². The number of hydrogen-bond donors (Lipinski definition) is 1. The van der Waals surface area contributed by atoms with Crippen molar-refractivity contribution in [3.8, 4) is 0 Å². The second-order valence-corrected chi connectivity index (χ2v) is 6.27. The molecule has 1 atom stereocenters. The molecule has 1 fully saturated rings. The van der Waals surface area contributed by atoms with Gasteiger partial charge in [0.15, 0.2) is 0 Å². The molecule has 5 heteroatoms. The highest BCUT2D eigenvalue weighted by Crippen LogP contribution is 2.18. The summed E-state index contributed by atoms with van der Waals surface area (Å²) in [6, 6.07) is 3.97. The Bertz CT molecular complexity index is 496. The van der Waals surface area contributed by atoms with Crippen molar-refractivity contribution >= 4 is 17.6 Å². The first-order valence-corrected chi connectivity index (χ1v) is 8.97. The second-order valence-electron chi connectivity index (χ2n) is 5.44. The lowest BCUT2D eigenvalue weighted by Gasteiger charge is -2.22. The summed E-state index contributed by atoms with van der Waals surface area (Å²) in [4.78, 5) is 12.4. The third-order valence-corrected chi connectivity index (χ3v) is 4.72. The number of nitrogens with one attached hydrogen (secondary N) is 1. The maximum atomic E-state index is 12.4. The van der Waals surface area contributed by atoms with E-state index in [1.807, 2.05) is 17.6 Å². The van der Waals surface area contributed by atoms with Gasteiger partial charge in [0.1, 0.15) is 5.69 Å². The molecular formula is C16H26N2O2S. The van der Waals surface area contributed by atoms with E-state index in [0.29, 0.717) is 11.8 Å². The topological polar surface area (TPSA) is 43.3 Å². The lowest BCUT2D eigenvalue weighted by molar-refractivity contribution is 0.0316. The van der Waals surface area contributed by atoms with E-state index in [1.54, 1.807) is 11.9 Å². The average molecular weight is 310 g/mol. The van der Waals surface area contributed by atoms with Gasteiger partial charge in [0, 0.05) is 24.6 Å². The minimum atomic E-state index is 0.0838. The van der Waals surface area contributed by atoms with E-state index in [2.05, 4.69) is 17.7 Å². The van der Waals surface area contributed by atoms with Gasteiger partial charge >= 0.3 is 0 Å². The van der Waals surface area contributed by atoms with Gasteiger partial charge in [-0.2, -0.15) is 0 Å². The minimum absolute atomic E-state index is 0.0838. The molecule has 1 unspecified atom stereocenters. The van der Waals surface area contributed by atoms with Crippen LogP contribution in [0.2, 0.25) is 0 Å². The van der Waals surface area contributed by atoms with Crippen LogP contribution in [0.3, 0.4) is 0 Å². The Morgan fingerprint density at radius 2 is 2.24 bits per heavy atom. The largest absolute Gasteiger partial charge is 0.377 e. The van der Waals surface area contributed by atoms with Crippen molar-refractivity contribution in [2.45, 2.75) is 58.6 Å². The molecule has 1 aromatic heterocycles. The molecule has 2 rings (SSSR count). The van der Waals surface area contributed by atoms with Crippen LogP contribution in [0.15, 0.2) is 16.9 Å². The van der Waals surface area contributed by atoms with Gasteiger partial charge in [-0.15, -0.1) is 0 Å². The first-order chi connectivity index (χ1) is 10.3. The number of anilines is 1. The third-order valence-electron chi connectivity index (χ3n) is 3.81. The minimum Gasteiger partial charge on any atom is -0.377 e. The van der Waals surface area contributed by atoms with Gasteiger partial charge in [-0.05, 0) is 56.7 Å². The molecule has 2 heterocycles. The van der Waals surface area contributed by atoms with Crippen LogP contribution in [0.5, 0.6) is 0 Å². The third kappa shape index (κ3) is 4.51. The molecule has 0 spiro atoms. The van der Waals surface area contributed by atoms with Crippen LogP contribution >= 0.6 is 11.9 Å². The van der Waals surface area contributed by atoms with Crippen molar-refractivity contribution < 1.29 is 4.74 Å². The molecule has 1 saturated heterocycles. The summed E-state index contributed by atoms with van der Waals surface area (Å²) in [6.07, 6.45) is 5.88. The molecule has 0 aliphatic carbocycles. The first-order valence-electron chi connectivity index (χ1n) is 7.98. The fraction of sp³-hybridized carbons (Fsp3) is 0.688. The zero-order chi connectivity index (χ0) is 15.1. The Kier molecular flexibility index (Phi) is 6.64. The fourth-order valence-electron chi connectivity index (χ4n) is 2.67. The Balaban J connectivity index is 1.95. The van der Waals surface area contributed by atoms with E-state index in [0.717, 1.165) is 43.9 Å². The van der Waals surface area contributed by atoms with Crippen LogP contribution in [0.4, 0.5) is 5.69 Å². The Morgan fingerprint density at radius 3 is 2.90 bits per heavy atom. The fourth-order valence-corrected chi connectivity index (χ4v) is 3.51. The predicted octanol–water partition coefficient (Wildman–Crippen LogP) is 3.45. The van der Waals surface area contributed by atoms with E-state index in [1.165, 1.54) is 12.8 Å². The summed E-state index contributed by atoms with van der Waals surface area (Å²) >= 11 is 1.58. The maximum Gasteiger partial charge on any atom is 0.274 e. The number of ether oxygens (including phenoxy) is 1. The number of hydrogen-bond acceptors (Lipinski definition) is 4. The summed E-state index contributed by atoms with van der Waals surface area (Å²) in [7, 11) is 0. The van der Waals surface area contributed by atoms with Crippen LogP contribution in [0.25, 0.3) is 0 Å². The van der Waals surface area contributed by atoms with E-state index in [4.69, 9.17) is 4.74 Å². The van der Waals surface area contributed by atoms with Gasteiger partial charge in [0.05, 0.1) is 6.10 Å². The molecule has 1 aliphatic rings. The molecule has 0 bridgehead atoms. The molecule has 0 aromatic carbocycles. The van der Waals surface area contributed by atoms with Gasteiger partial charge in [0.25, 0.3) is 5.56 Å². The average Bonchev–Trinajstić information content (AvgIpc) is 2.51. The lowest BCUT2D eigenvalue weighted by atomic mass is 10.1. The van der Waals surface area contributed by atoms with Crippen LogP contribution in [-0.4, -0.2) is 23.0 Å². The zero-order valence-corrected chi connectivity index (χ0v) is 13.9. The summed E-state index contributed by atoms with van der Waals surface area (Å²) < 4.78 is 10.8. The molecule has 0 saturated carbocycles. The van der Waals surface area contributed by atoms with Crippen molar-refractivity contribution in [2.75, 3.05) is 17.1 Å².